The topological polar surface area (TPSA) is 54.4 Å². The number of unbranched alkanes of at least 4 members (excludes halogenated alkanes) is 1. The molecule has 0 aromatic rings. The molecule has 80 valence electrons. The fraction of sp³-hybridized carbons (Fsp3) is 0.818. The summed E-state index contributed by atoms with van der Waals surface area (Å²) in [5.41, 5.74) is 0. The Balaban J connectivity index is 2.44. The van der Waals surface area contributed by atoms with Crippen molar-refractivity contribution in [1.29, 1.82) is 0 Å². The summed E-state index contributed by atoms with van der Waals surface area (Å²) in [5, 5.41) is 8.69. The number of carbonyl (C=O) groups excluding carboxylic acids is 1. The molecule has 3 heteroatoms. The second-order valence-corrected chi connectivity index (χ2v) is 4.21. The van der Waals surface area contributed by atoms with Crippen LogP contribution >= 0.6 is 0 Å². The zero-order chi connectivity index (χ0) is 10.6. The van der Waals surface area contributed by atoms with E-state index in [1.54, 1.807) is 0 Å². The summed E-state index contributed by atoms with van der Waals surface area (Å²) in [5.74, 6) is -0.0892. The van der Waals surface area contributed by atoms with Crippen LogP contribution in [-0.4, -0.2) is 16.9 Å². The maximum Gasteiger partial charge on any atom is 0.303 e. The lowest BCUT2D eigenvalue weighted by Gasteiger charge is -2.15. The van der Waals surface area contributed by atoms with Gasteiger partial charge in [-0.1, -0.05) is 19.8 Å². The van der Waals surface area contributed by atoms with Crippen LogP contribution in [0.25, 0.3) is 0 Å². The lowest BCUT2D eigenvalue weighted by molar-refractivity contribution is -0.138. The number of rotatable bonds is 5. The zero-order valence-corrected chi connectivity index (χ0v) is 8.66. The van der Waals surface area contributed by atoms with Crippen LogP contribution in [0.2, 0.25) is 0 Å². The number of carboxylic acids is 1. The number of carboxylic acid groups (broad SMARTS) is 1. The molecule has 14 heavy (non-hydrogen) atoms. The lowest BCUT2D eigenvalue weighted by atomic mass is 9.89. The average molecular weight is 198 g/mol. The van der Waals surface area contributed by atoms with Gasteiger partial charge in [0, 0.05) is 19.3 Å². The first-order chi connectivity index (χ1) is 6.63. The van der Waals surface area contributed by atoms with Crippen LogP contribution in [0.3, 0.4) is 0 Å². The van der Waals surface area contributed by atoms with E-state index >= 15 is 0 Å². The van der Waals surface area contributed by atoms with Gasteiger partial charge < -0.3 is 5.11 Å². The molecular weight excluding hydrogens is 180 g/mol. The average Bonchev–Trinajstić information content (AvgIpc) is 2.41. The summed E-state index contributed by atoms with van der Waals surface area (Å²) in [6, 6.07) is 0. The van der Waals surface area contributed by atoms with Gasteiger partial charge in [-0.3, -0.25) is 9.59 Å². The van der Waals surface area contributed by atoms with Gasteiger partial charge in [-0.15, -0.1) is 0 Å². The third kappa shape index (κ3) is 3.13. The van der Waals surface area contributed by atoms with Crippen LogP contribution in [0.4, 0.5) is 0 Å². The number of ketones is 1. The van der Waals surface area contributed by atoms with Crippen molar-refractivity contribution >= 4 is 11.8 Å². The summed E-state index contributed by atoms with van der Waals surface area (Å²) >= 11 is 0. The monoisotopic (exact) mass is 198 g/mol. The van der Waals surface area contributed by atoms with Gasteiger partial charge >= 0.3 is 5.97 Å². The second kappa shape index (κ2) is 5.13. The Kier molecular flexibility index (Phi) is 4.11. The molecule has 1 saturated carbocycles. The molecule has 0 aromatic carbocycles. The Morgan fingerprint density at radius 3 is 2.64 bits per heavy atom. The summed E-state index contributed by atoms with van der Waals surface area (Å²) in [7, 11) is 0. The minimum absolute atomic E-state index is 0.103. The van der Waals surface area contributed by atoms with Crippen molar-refractivity contribution in [2.75, 3.05) is 0 Å². The molecule has 0 unspecified atom stereocenters. The molecule has 2 atom stereocenters. The van der Waals surface area contributed by atoms with Crippen LogP contribution in [0.1, 0.15) is 45.4 Å². The highest BCUT2D eigenvalue weighted by Gasteiger charge is 2.33. The maximum atomic E-state index is 11.2. The molecule has 1 aliphatic carbocycles. The third-order valence-electron chi connectivity index (χ3n) is 3.01. The first-order valence-corrected chi connectivity index (χ1v) is 5.37. The molecule has 0 heterocycles. The molecule has 1 aliphatic rings. The van der Waals surface area contributed by atoms with Crippen molar-refractivity contribution in [3.63, 3.8) is 0 Å². The number of hydrogen-bond acceptors (Lipinski definition) is 2. The van der Waals surface area contributed by atoms with E-state index in [0.29, 0.717) is 18.8 Å². The molecule has 1 rings (SSSR count). The minimum Gasteiger partial charge on any atom is -0.481 e. The van der Waals surface area contributed by atoms with Crippen molar-refractivity contribution in [3.8, 4) is 0 Å². The van der Waals surface area contributed by atoms with Gasteiger partial charge in [0.25, 0.3) is 0 Å². The molecule has 0 saturated heterocycles. The molecule has 0 aliphatic heterocycles. The molecular formula is C11H18O3. The van der Waals surface area contributed by atoms with E-state index in [2.05, 4.69) is 6.92 Å². The molecule has 0 spiro atoms. The zero-order valence-electron chi connectivity index (χ0n) is 8.66. The fourth-order valence-electron chi connectivity index (χ4n) is 2.27. The van der Waals surface area contributed by atoms with E-state index in [4.69, 9.17) is 5.11 Å². The molecule has 3 nitrogen and oxygen atoms in total. The molecule has 0 amide bonds. The Hall–Kier alpha value is -0.860. The van der Waals surface area contributed by atoms with Crippen molar-refractivity contribution in [1.82, 2.24) is 0 Å². The van der Waals surface area contributed by atoms with Crippen molar-refractivity contribution < 1.29 is 14.7 Å². The number of Topliss-reactive ketones (excluding diaryl/α,β-unsaturated/α-hetero) is 1. The van der Waals surface area contributed by atoms with Crippen LogP contribution in [0.15, 0.2) is 0 Å². The Morgan fingerprint density at radius 2 is 2.07 bits per heavy atom. The summed E-state index contributed by atoms with van der Waals surface area (Å²) in [6.45, 7) is 2.11. The van der Waals surface area contributed by atoms with Crippen molar-refractivity contribution in [2.45, 2.75) is 45.4 Å². The normalized spacial score (nSPS) is 26.8. The Morgan fingerprint density at radius 1 is 1.43 bits per heavy atom. The first-order valence-electron chi connectivity index (χ1n) is 5.37. The van der Waals surface area contributed by atoms with Crippen LogP contribution in [0.5, 0.6) is 0 Å². The summed E-state index contributed by atoms with van der Waals surface area (Å²) in [6.07, 6.45) is 4.50. The highest BCUT2D eigenvalue weighted by atomic mass is 16.4. The maximum absolute atomic E-state index is 11.2. The van der Waals surface area contributed by atoms with Crippen molar-refractivity contribution in [3.05, 3.63) is 0 Å². The Bertz CT molecular complexity index is 223. The largest absolute Gasteiger partial charge is 0.481 e. The van der Waals surface area contributed by atoms with Gasteiger partial charge in [0.15, 0.2) is 0 Å². The van der Waals surface area contributed by atoms with Crippen molar-refractivity contribution in [2.24, 2.45) is 11.8 Å². The number of hydrogen-bond donors (Lipinski definition) is 1. The van der Waals surface area contributed by atoms with Gasteiger partial charge in [0.05, 0.1) is 0 Å². The standard InChI is InChI=1S/C11H18O3/c1-2-3-4-8-5-10(12)6-9(8)7-11(13)14/h8-9H,2-7H2,1H3,(H,13,14)/t8-,9-/m1/s1. The molecule has 0 radical (unpaired) electrons. The van der Waals surface area contributed by atoms with Gasteiger partial charge in [-0.25, -0.2) is 0 Å². The van der Waals surface area contributed by atoms with Crippen LogP contribution in [-0.2, 0) is 9.59 Å². The predicted molar refractivity (Wildman–Crippen MR) is 53.0 cm³/mol. The molecule has 0 aromatic heterocycles. The van der Waals surface area contributed by atoms with Crippen LogP contribution < -0.4 is 0 Å². The van der Waals surface area contributed by atoms with E-state index < -0.39 is 5.97 Å². The third-order valence-corrected chi connectivity index (χ3v) is 3.01. The molecule has 1 fully saturated rings. The van der Waals surface area contributed by atoms with Gasteiger partial charge in [-0.2, -0.15) is 0 Å². The number of carbonyl (C=O) groups is 2. The summed E-state index contributed by atoms with van der Waals surface area (Å²) in [4.78, 5) is 21.8. The second-order valence-electron chi connectivity index (χ2n) is 4.21. The van der Waals surface area contributed by atoms with E-state index in [1.807, 2.05) is 0 Å². The lowest BCUT2D eigenvalue weighted by Crippen LogP contribution is -2.12. The Labute approximate surface area is 84.5 Å². The van der Waals surface area contributed by atoms with E-state index in [-0.39, 0.29) is 18.1 Å². The van der Waals surface area contributed by atoms with E-state index in [1.165, 1.54) is 0 Å². The highest BCUT2D eigenvalue weighted by molar-refractivity contribution is 5.82. The van der Waals surface area contributed by atoms with Gasteiger partial charge in [0.1, 0.15) is 5.78 Å². The quantitative estimate of drug-likeness (QED) is 0.737. The van der Waals surface area contributed by atoms with Gasteiger partial charge in [-0.05, 0) is 18.3 Å². The SMILES string of the molecule is CCCC[C@@H]1CC(=O)C[C@@H]1CC(=O)O. The molecule has 1 N–H and O–H groups in total. The van der Waals surface area contributed by atoms with E-state index in [0.717, 1.165) is 19.3 Å². The highest BCUT2D eigenvalue weighted by Crippen LogP contribution is 2.35. The fourth-order valence-corrected chi connectivity index (χ4v) is 2.27. The smallest absolute Gasteiger partial charge is 0.303 e. The first kappa shape index (κ1) is 11.2. The van der Waals surface area contributed by atoms with E-state index in [9.17, 15) is 9.59 Å². The summed E-state index contributed by atoms with van der Waals surface area (Å²) < 4.78 is 0. The number of aliphatic carboxylic acids is 1. The van der Waals surface area contributed by atoms with Crippen LogP contribution in [0, 0.1) is 11.8 Å². The molecule has 0 bridgehead atoms. The minimum atomic E-state index is -0.772. The van der Waals surface area contributed by atoms with Gasteiger partial charge in [0.2, 0.25) is 0 Å². The predicted octanol–water partition coefficient (Wildman–Crippen LogP) is 2.25.